The zero-order valence-corrected chi connectivity index (χ0v) is 18.0. The number of carbonyl (C=O) groups is 2. The van der Waals surface area contributed by atoms with E-state index in [2.05, 4.69) is 0 Å². The molecular weight excluding hydrogens is 428 g/mol. The monoisotopic (exact) mass is 458 g/mol. The van der Waals surface area contributed by atoms with Crippen LogP contribution in [-0.4, -0.2) is 97.2 Å². The number of hydrogen-bond acceptors (Lipinski definition) is 10. The number of ether oxygens (including phenoxy) is 3. The molecule has 2 aliphatic heterocycles. The van der Waals surface area contributed by atoms with Gasteiger partial charge in [-0.15, -0.1) is 0 Å². The van der Waals surface area contributed by atoms with E-state index >= 15 is 0 Å². The lowest BCUT2D eigenvalue weighted by atomic mass is 9.59. The molecule has 0 aromatic heterocycles. The number of hydrogen-bond donors (Lipinski definition) is 6. The van der Waals surface area contributed by atoms with Crippen molar-refractivity contribution in [2.75, 3.05) is 6.61 Å². The van der Waals surface area contributed by atoms with Crippen LogP contribution in [0, 0.1) is 5.41 Å². The second-order valence-corrected chi connectivity index (χ2v) is 9.14. The lowest BCUT2D eigenvalue weighted by Gasteiger charge is -2.49. The van der Waals surface area contributed by atoms with Crippen LogP contribution < -0.4 is 0 Å². The summed E-state index contributed by atoms with van der Waals surface area (Å²) in [4.78, 5) is 23.6. The van der Waals surface area contributed by atoms with E-state index in [9.17, 15) is 35.1 Å². The van der Waals surface area contributed by atoms with Gasteiger partial charge in [0.25, 0.3) is 0 Å². The predicted molar refractivity (Wildman–Crippen MR) is 106 cm³/mol. The zero-order chi connectivity index (χ0) is 24.1. The summed E-state index contributed by atoms with van der Waals surface area (Å²) in [7, 11) is 0. The first-order chi connectivity index (χ1) is 14.8. The van der Waals surface area contributed by atoms with Crippen molar-refractivity contribution in [1.82, 2.24) is 0 Å². The predicted octanol–water partition coefficient (Wildman–Crippen LogP) is -1.39. The van der Waals surface area contributed by atoms with E-state index in [-0.39, 0.29) is 12.8 Å². The SMILES string of the molecule is CC(=C/C(=O)O)/C=C/[C@@]1(O)[C@@]2(C)C[C@@H](O[C@@H]3O[C@H](CO)[C@@H](O)[C@H](O)[C@H]3O)C[C@]1(C)OC2=O. The highest BCUT2D eigenvalue weighted by Crippen LogP contribution is 2.59. The number of aliphatic hydroxyl groups excluding tert-OH is 4. The van der Waals surface area contributed by atoms with Gasteiger partial charge < -0.3 is 44.8 Å². The molecule has 180 valence electrons. The molecule has 3 aliphatic rings. The summed E-state index contributed by atoms with van der Waals surface area (Å²) < 4.78 is 16.7. The minimum Gasteiger partial charge on any atom is -0.478 e. The van der Waals surface area contributed by atoms with Crippen LogP contribution >= 0.6 is 0 Å². The molecule has 2 heterocycles. The average molecular weight is 458 g/mol. The van der Waals surface area contributed by atoms with Crippen molar-refractivity contribution in [3.63, 3.8) is 0 Å². The Hall–Kier alpha value is -1.86. The molecule has 11 nitrogen and oxygen atoms in total. The van der Waals surface area contributed by atoms with Gasteiger partial charge in [0, 0.05) is 12.5 Å². The molecule has 0 amide bonds. The normalized spacial score (nSPS) is 47.0. The number of allylic oxidation sites excluding steroid dienone is 2. The van der Waals surface area contributed by atoms with Crippen molar-refractivity contribution >= 4 is 11.9 Å². The number of carboxylic acid groups (broad SMARTS) is 1. The Morgan fingerprint density at radius 3 is 2.41 bits per heavy atom. The Balaban J connectivity index is 1.84. The van der Waals surface area contributed by atoms with Gasteiger partial charge in [-0.3, -0.25) is 4.79 Å². The van der Waals surface area contributed by atoms with Crippen LogP contribution in [0.3, 0.4) is 0 Å². The van der Waals surface area contributed by atoms with Gasteiger partial charge >= 0.3 is 11.9 Å². The molecule has 2 bridgehead atoms. The van der Waals surface area contributed by atoms with E-state index in [0.29, 0.717) is 5.57 Å². The highest BCUT2D eigenvalue weighted by atomic mass is 16.7. The Morgan fingerprint density at radius 2 is 1.84 bits per heavy atom. The van der Waals surface area contributed by atoms with Crippen molar-refractivity contribution in [3.05, 3.63) is 23.8 Å². The molecule has 11 heteroatoms. The van der Waals surface area contributed by atoms with Crippen LogP contribution in [0.4, 0.5) is 0 Å². The molecule has 9 atom stereocenters. The standard InChI is InChI=1S/C21H30O11/c1-10(6-13(23)24)4-5-21(29)19(2)7-11(8-20(21,3)32-18(19)28)30-17-16(27)15(26)14(25)12(9-22)31-17/h4-6,11-12,14-17,22,25-27,29H,7-9H2,1-3H3,(H,23,24)/b5-4+,10-6-/t11-,12-,14-,15+,16-,17-,19+,20+,21-/m1/s1. The quantitative estimate of drug-likeness (QED) is 0.156. The van der Waals surface area contributed by atoms with Crippen LogP contribution in [0.2, 0.25) is 0 Å². The third-order valence-electron chi connectivity index (χ3n) is 6.78. The molecule has 3 rings (SSSR count). The summed E-state index contributed by atoms with van der Waals surface area (Å²) in [5.41, 5.74) is -4.32. The van der Waals surface area contributed by atoms with E-state index in [1.54, 1.807) is 0 Å². The Bertz CT molecular complexity index is 823. The van der Waals surface area contributed by atoms with E-state index in [1.165, 1.54) is 32.9 Å². The van der Waals surface area contributed by atoms with Gasteiger partial charge in [0.2, 0.25) is 0 Å². The van der Waals surface area contributed by atoms with Gasteiger partial charge in [0.05, 0.1) is 12.7 Å². The highest BCUT2D eigenvalue weighted by Gasteiger charge is 2.73. The van der Waals surface area contributed by atoms with E-state index in [1.807, 2.05) is 0 Å². The number of esters is 1. The molecule has 0 aromatic rings. The Labute approximate surface area is 184 Å². The maximum Gasteiger partial charge on any atom is 0.328 e. The van der Waals surface area contributed by atoms with Crippen LogP contribution in [0.1, 0.15) is 33.6 Å². The molecule has 0 radical (unpaired) electrons. The number of aliphatic carboxylic acids is 1. The second kappa shape index (κ2) is 8.49. The first-order valence-electron chi connectivity index (χ1n) is 10.3. The van der Waals surface area contributed by atoms with E-state index < -0.39 is 72.0 Å². The summed E-state index contributed by atoms with van der Waals surface area (Å²) in [5.74, 6) is -1.81. The summed E-state index contributed by atoms with van der Waals surface area (Å²) in [5, 5.41) is 59.9. The van der Waals surface area contributed by atoms with Crippen molar-refractivity contribution in [1.29, 1.82) is 0 Å². The van der Waals surface area contributed by atoms with Crippen molar-refractivity contribution in [2.45, 2.75) is 81.6 Å². The lowest BCUT2D eigenvalue weighted by molar-refractivity contribution is -0.319. The smallest absolute Gasteiger partial charge is 0.328 e. The largest absolute Gasteiger partial charge is 0.478 e. The second-order valence-electron chi connectivity index (χ2n) is 9.14. The van der Waals surface area contributed by atoms with Gasteiger partial charge in [-0.1, -0.05) is 6.08 Å². The first-order valence-corrected chi connectivity index (χ1v) is 10.3. The van der Waals surface area contributed by atoms with Gasteiger partial charge in [0.1, 0.15) is 41.0 Å². The van der Waals surface area contributed by atoms with Gasteiger partial charge in [-0.2, -0.15) is 0 Å². The van der Waals surface area contributed by atoms with E-state index in [4.69, 9.17) is 19.3 Å². The summed E-state index contributed by atoms with van der Waals surface area (Å²) >= 11 is 0. The number of carbonyl (C=O) groups excluding carboxylic acids is 1. The highest BCUT2D eigenvalue weighted by molar-refractivity contribution is 5.84. The van der Waals surface area contributed by atoms with Crippen LogP contribution in [0.25, 0.3) is 0 Å². The fraction of sp³-hybridized carbons (Fsp3) is 0.714. The van der Waals surface area contributed by atoms with Crippen molar-refractivity contribution < 1.29 is 54.4 Å². The number of aliphatic hydroxyl groups is 5. The summed E-state index contributed by atoms with van der Waals surface area (Å²) in [6.07, 6.45) is -4.33. The molecular formula is C21H30O11. The molecule has 0 unspecified atom stereocenters. The third-order valence-corrected chi connectivity index (χ3v) is 6.78. The molecule has 0 spiro atoms. The number of rotatable bonds is 6. The number of carboxylic acids is 1. The van der Waals surface area contributed by atoms with E-state index in [0.717, 1.165) is 6.08 Å². The van der Waals surface area contributed by atoms with Crippen LogP contribution in [-0.2, 0) is 23.8 Å². The third kappa shape index (κ3) is 3.87. The van der Waals surface area contributed by atoms with Crippen LogP contribution in [0.5, 0.6) is 0 Å². The Kier molecular flexibility index (Phi) is 6.57. The fourth-order valence-corrected chi connectivity index (χ4v) is 4.85. The molecule has 0 aromatic carbocycles. The summed E-state index contributed by atoms with van der Waals surface area (Å²) in [6, 6.07) is 0. The molecule has 1 saturated carbocycles. The van der Waals surface area contributed by atoms with Gasteiger partial charge in [-0.05, 0) is 38.8 Å². The van der Waals surface area contributed by atoms with Crippen molar-refractivity contribution in [2.24, 2.45) is 5.41 Å². The molecule has 6 N–H and O–H groups in total. The molecule has 1 aliphatic carbocycles. The molecule has 3 fully saturated rings. The molecule has 2 saturated heterocycles. The number of fused-ring (bicyclic) bond motifs is 2. The average Bonchev–Trinajstić information content (AvgIpc) is 2.77. The minimum atomic E-state index is -1.78. The zero-order valence-electron chi connectivity index (χ0n) is 18.0. The van der Waals surface area contributed by atoms with Gasteiger partial charge in [-0.25, -0.2) is 4.79 Å². The Morgan fingerprint density at radius 1 is 1.19 bits per heavy atom. The molecule has 32 heavy (non-hydrogen) atoms. The fourth-order valence-electron chi connectivity index (χ4n) is 4.85. The lowest BCUT2D eigenvalue weighted by Crippen LogP contribution is -2.63. The first kappa shape index (κ1) is 24.8. The minimum absolute atomic E-state index is 0.00584. The summed E-state index contributed by atoms with van der Waals surface area (Å²) in [6.45, 7) is 3.96. The maximum atomic E-state index is 12.7. The van der Waals surface area contributed by atoms with Crippen LogP contribution in [0.15, 0.2) is 23.8 Å². The van der Waals surface area contributed by atoms with Gasteiger partial charge in [0.15, 0.2) is 6.29 Å². The maximum absolute atomic E-state index is 12.7. The van der Waals surface area contributed by atoms with Crippen molar-refractivity contribution in [3.8, 4) is 0 Å². The topological polar surface area (TPSA) is 183 Å².